The van der Waals surface area contributed by atoms with Gasteiger partial charge in [-0.05, 0) is 19.3 Å². The minimum Gasteiger partial charge on any atom is -0.354 e. The number of carbonyl (C=O) groups is 1. The summed E-state index contributed by atoms with van der Waals surface area (Å²) in [7, 11) is 1.58. The number of anilines is 1. The third-order valence-electron chi connectivity index (χ3n) is 6.00. The van der Waals surface area contributed by atoms with Gasteiger partial charge in [-0.1, -0.05) is 26.2 Å². The lowest BCUT2D eigenvalue weighted by molar-refractivity contribution is 0.0958. The van der Waals surface area contributed by atoms with Gasteiger partial charge in [0, 0.05) is 19.3 Å². The minimum atomic E-state index is -0.239. The van der Waals surface area contributed by atoms with Gasteiger partial charge in [0.05, 0.1) is 12.2 Å². The number of hydrogen-bond donors (Lipinski definition) is 1. The highest BCUT2D eigenvalue weighted by Gasteiger charge is 2.39. The Morgan fingerprint density at radius 1 is 1.23 bits per heavy atom. The summed E-state index contributed by atoms with van der Waals surface area (Å²) in [5.74, 6) is 2.10. The summed E-state index contributed by atoms with van der Waals surface area (Å²) in [6, 6.07) is 0.567. The second-order valence-corrected chi connectivity index (χ2v) is 7.83. The van der Waals surface area contributed by atoms with Crippen molar-refractivity contribution in [2.75, 3.05) is 11.9 Å². The molecule has 30 heavy (non-hydrogen) atoms. The first-order chi connectivity index (χ1) is 14.7. The molecule has 0 radical (unpaired) electrons. The lowest BCUT2D eigenvalue weighted by Gasteiger charge is -2.41. The molecule has 10 nitrogen and oxygen atoms in total. The molecule has 0 aromatic carbocycles. The first kappa shape index (κ1) is 18.7. The average molecular weight is 407 g/mol. The van der Waals surface area contributed by atoms with Crippen molar-refractivity contribution in [3.05, 3.63) is 36.6 Å². The van der Waals surface area contributed by atoms with Crippen LogP contribution in [0.3, 0.4) is 0 Å². The number of imidazole rings is 1. The van der Waals surface area contributed by atoms with Crippen LogP contribution in [0.15, 0.2) is 25.0 Å². The normalized spacial score (nSPS) is 18.3. The number of fused-ring (bicyclic) bond motifs is 3. The van der Waals surface area contributed by atoms with E-state index in [2.05, 4.69) is 37.3 Å². The summed E-state index contributed by atoms with van der Waals surface area (Å²) in [6.45, 7) is 2.19. The van der Waals surface area contributed by atoms with Crippen molar-refractivity contribution in [1.29, 1.82) is 0 Å². The van der Waals surface area contributed by atoms with Crippen LogP contribution in [0.5, 0.6) is 0 Å². The van der Waals surface area contributed by atoms with Crippen molar-refractivity contribution in [2.24, 2.45) is 0 Å². The summed E-state index contributed by atoms with van der Waals surface area (Å²) in [6.07, 6.45) is 13.6. The molecule has 1 amide bonds. The minimum absolute atomic E-state index is 0.139. The van der Waals surface area contributed by atoms with Crippen molar-refractivity contribution < 1.29 is 4.79 Å². The number of nitrogens with zero attached hydrogens (tertiary/aromatic N) is 8. The zero-order valence-electron chi connectivity index (χ0n) is 17.2. The van der Waals surface area contributed by atoms with E-state index in [0.29, 0.717) is 17.7 Å². The summed E-state index contributed by atoms with van der Waals surface area (Å²) >= 11 is 0. The molecule has 0 bridgehead atoms. The molecule has 10 heteroatoms. The van der Waals surface area contributed by atoms with Crippen LogP contribution < -0.4 is 10.2 Å². The van der Waals surface area contributed by atoms with Crippen LogP contribution in [0.1, 0.15) is 67.8 Å². The van der Waals surface area contributed by atoms with Gasteiger partial charge >= 0.3 is 0 Å². The monoisotopic (exact) mass is 407 g/mol. The van der Waals surface area contributed by atoms with Crippen molar-refractivity contribution in [3.63, 3.8) is 0 Å². The van der Waals surface area contributed by atoms with Crippen LogP contribution in [0.25, 0.3) is 11.6 Å². The fourth-order valence-electron chi connectivity index (χ4n) is 4.60. The Morgan fingerprint density at radius 2 is 2.07 bits per heavy atom. The van der Waals surface area contributed by atoms with Gasteiger partial charge in [0.1, 0.15) is 24.0 Å². The second kappa shape index (κ2) is 7.51. The predicted molar refractivity (Wildman–Crippen MR) is 110 cm³/mol. The van der Waals surface area contributed by atoms with Gasteiger partial charge in [0.15, 0.2) is 11.6 Å². The summed E-state index contributed by atoms with van der Waals surface area (Å²) in [5.41, 5.74) is 1.22. The molecule has 5 rings (SSSR count). The lowest BCUT2D eigenvalue weighted by Crippen LogP contribution is -2.42. The van der Waals surface area contributed by atoms with Gasteiger partial charge in [0.25, 0.3) is 5.91 Å². The number of rotatable bonds is 5. The van der Waals surface area contributed by atoms with E-state index in [9.17, 15) is 4.79 Å². The van der Waals surface area contributed by atoms with Gasteiger partial charge in [-0.25, -0.2) is 9.97 Å². The average Bonchev–Trinajstić information content (AvgIpc) is 3.54. The molecule has 1 saturated carbocycles. The van der Waals surface area contributed by atoms with E-state index in [-0.39, 0.29) is 11.9 Å². The third kappa shape index (κ3) is 2.94. The maximum Gasteiger partial charge on any atom is 0.271 e. The van der Waals surface area contributed by atoms with E-state index in [1.54, 1.807) is 30.5 Å². The molecule has 0 spiro atoms. The molecule has 4 heterocycles. The van der Waals surface area contributed by atoms with Crippen LogP contribution in [0, 0.1) is 0 Å². The maximum atomic E-state index is 11.9. The van der Waals surface area contributed by atoms with Crippen LogP contribution in [0.4, 0.5) is 5.82 Å². The van der Waals surface area contributed by atoms with Crippen LogP contribution >= 0.6 is 0 Å². The quantitative estimate of drug-likeness (QED) is 0.691. The Balaban J connectivity index is 1.62. The summed E-state index contributed by atoms with van der Waals surface area (Å²) in [5, 5.41) is 11.2. The maximum absolute atomic E-state index is 11.9. The number of amides is 1. The topological polar surface area (TPSA) is 107 Å². The van der Waals surface area contributed by atoms with Gasteiger partial charge in [-0.2, -0.15) is 4.98 Å². The van der Waals surface area contributed by atoms with E-state index in [4.69, 9.17) is 4.98 Å². The highest BCUT2D eigenvalue weighted by Crippen LogP contribution is 2.43. The molecule has 1 fully saturated rings. The molecular weight excluding hydrogens is 382 g/mol. The summed E-state index contributed by atoms with van der Waals surface area (Å²) in [4.78, 5) is 28.0. The molecule has 0 saturated heterocycles. The first-order valence-corrected chi connectivity index (χ1v) is 10.5. The fourth-order valence-corrected chi connectivity index (χ4v) is 4.60. The second-order valence-electron chi connectivity index (χ2n) is 7.83. The first-order valence-electron chi connectivity index (χ1n) is 10.5. The number of nitrogens with one attached hydrogen (secondary N) is 1. The predicted octanol–water partition coefficient (Wildman–Crippen LogP) is 2.21. The zero-order chi connectivity index (χ0) is 20.7. The van der Waals surface area contributed by atoms with E-state index >= 15 is 0 Å². The third-order valence-corrected chi connectivity index (χ3v) is 6.00. The number of aromatic nitrogens is 7. The molecule has 3 aromatic heterocycles. The van der Waals surface area contributed by atoms with Crippen LogP contribution in [-0.4, -0.2) is 53.3 Å². The molecule has 3 aromatic rings. The lowest BCUT2D eigenvalue weighted by atomic mass is 10.0. The summed E-state index contributed by atoms with van der Waals surface area (Å²) < 4.78 is 3.70. The Labute approximate surface area is 174 Å². The Kier molecular flexibility index (Phi) is 4.68. The van der Waals surface area contributed by atoms with Crippen molar-refractivity contribution in [3.8, 4) is 11.6 Å². The molecule has 0 unspecified atom stereocenters. The standard InChI is InChI=1S/C20H25N9O/c1-3-6-15-18-26-24-12-28(18)16-9-22-20(27-10-14(23-11-27)19(30)21-2)25-17(16)29(15)13-7-4-5-8-13/h9-13,15H,3-8H2,1-2H3,(H,21,30)/t15-/m1/s1. The van der Waals surface area contributed by atoms with Crippen LogP contribution in [0.2, 0.25) is 0 Å². The van der Waals surface area contributed by atoms with Crippen LogP contribution in [-0.2, 0) is 0 Å². The number of carbonyl (C=O) groups excluding carboxylic acids is 1. The smallest absolute Gasteiger partial charge is 0.271 e. The molecule has 1 aliphatic carbocycles. The molecular formula is C20H25N9O. The van der Waals surface area contributed by atoms with E-state index < -0.39 is 0 Å². The molecule has 156 valence electrons. The molecule has 2 aliphatic rings. The number of hydrogen-bond acceptors (Lipinski definition) is 7. The van der Waals surface area contributed by atoms with Crippen molar-refractivity contribution >= 4 is 11.7 Å². The Hall–Kier alpha value is -3.30. The van der Waals surface area contributed by atoms with E-state index in [1.165, 1.54) is 12.8 Å². The molecule has 1 atom stereocenters. The van der Waals surface area contributed by atoms with E-state index in [1.807, 2.05) is 10.8 Å². The Morgan fingerprint density at radius 3 is 2.83 bits per heavy atom. The van der Waals surface area contributed by atoms with Gasteiger partial charge < -0.3 is 10.2 Å². The fraction of sp³-hybridized carbons (Fsp3) is 0.500. The van der Waals surface area contributed by atoms with Crippen molar-refractivity contribution in [2.45, 2.75) is 57.5 Å². The largest absolute Gasteiger partial charge is 0.354 e. The van der Waals surface area contributed by atoms with Gasteiger partial charge in [-0.3, -0.25) is 13.9 Å². The van der Waals surface area contributed by atoms with Gasteiger partial charge in [-0.15, -0.1) is 10.2 Å². The molecule has 1 N–H and O–H groups in total. The molecule has 1 aliphatic heterocycles. The SMILES string of the molecule is CCC[C@@H]1c2nncn2-c2cnc(-n3cnc(C(=O)NC)c3)nc2N1C1CCCC1. The van der Waals surface area contributed by atoms with Crippen molar-refractivity contribution in [1.82, 2.24) is 39.6 Å². The zero-order valence-corrected chi connectivity index (χ0v) is 17.2. The Bertz CT molecular complexity index is 1070. The van der Waals surface area contributed by atoms with E-state index in [0.717, 1.165) is 43.0 Å². The van der Waals surface area contributed by atoms with Gasteiger partial charge in [0.2, 0.25) is 5.95 Å². The highest BCUT2D eigenvalue weighted by atomic mass is 16.1. The highest BCUT2D eigenvalue weighted by molar-refractivity contribution is 5.91.